The SMILES string of the molecule is NCc1ccc2nc(-c3cc4sccc4s3)[nH]c2c1. The van der Waals surface area contributed by atoms with Crippen molar-refractivity contribution >= 4 is 43.1 Å². The smallest absolute Gasteiger partial charge is 0.148 e. The molecule has 1 aromatic carbocycles. The molecule has 0 radical (unpaired) electrons. The molecule has 0 bridgehead atoms. The number of nitrogens with one attached hydrogen (secondary N) is 1. The lowest BCUT2D eigenvalue weighted by Gasteiger charge is -1.94. The molecular weight excluding hydrogens is 274 g/mol. The lowest BCUT2D eigenvalue weighted by atomic mass is 10.2. The summed E-state index contributed by atoms with van der Waals surface area (Å²) in [6.07, 6.45) is 0. The molecule has 19 heavy (non-hydrogen) atoms. The number of imidazole rings is 1. The highest BCUT2D eigenvalue weighted by atomic mass is 32.1. The van der Waals surface area contributed by atoms with Crippen molar-refractivity contribution in [3.05, 3.63) is 41.3 Å². The number of hydrogen-bond acceptors (Lipinski definition) is 4. The molecule has 0 aliphatic heterocycles. The summed E-state index contributed by atoms with van der Waals surface area (Å²) >= 11 is 3.54. The van der Waals surface area contributed by atoms with Gasteiger partial charge in [0.15, 0.2) is 0 Å². The van der Waals surface area contributed by atoms with Crippen molar-refractivity contribution in [3.8, 4) is 10.7 Å². The summed E-state index contributed by atoms with van der Waals surface area (Å²) in [5.41, 5.74) is 8.83. The third-order valence-electron chi connectivity index (χ3n) is 3.15. The van der Waals surface area contributed by atoms with Crippen LogP contribution in [0.3, 0.4) is 0 Å². The van der Waals surface area contributed by atoms with Crippen molar-refractivity contribution in [2.45, 2.75) is 6.54 Å². The normalized spacial score (nSPS) is 11.6. The molecule has 3 heterocycles. The lowest BCUT2D eigenvalue weighted by molar-refractivity contribution is 1.07. The molecular formula is C14H11N3S2. The van der Waals surface area contributed by atoms with Gasteiger partial charge >= 0.3 is 0 Å². The first-order chi connectivity index (χ1) is 9.33. The van der Waals surface area contributed by atoms with E-state index in [0.717, 1.165) is 22.4 Å². The van der Waals surface area contributed by atoms with E-state index in [-0.39, 0.29) is 0 Å². The van der Waals surface area contributed by atoms with Gasteiger partial charge in [0, 0.05) is 15.9 Å². The molecule has 0 aliphatic carbocycles. The Labute approximate surface area is 117 Å². The average Bonchev–Trinajstić information content (AvgIpc) is 3.10. The van der Waals surface area contributed by atoms with Crippen LogP contribution in [0.2, 0.25) is 0 Å². The van der Waals surface area contributed by atoms with Crippen molar-refractivity contribution in [3.63, 3.8) is 0 Å². The van der Waals surface area contributed by atoms with Gasteiger partial charge in [-0.25, -0.2) is 4.98 Å². The molecule has 0 saturated heterocycles. The van der Waals surface area contributed by atoms with Crippen molar-refractivity contribution in [2.75, 3.05) is 0 Å². The van der Waals surface area contributed by atoms with Crippen LogP contribution in [0.15, 0.2) is 35.7 Å². The molecule has 3 N–H and O–H groups in total. The Balaban J connectivity index is 1.88. The second-order valence-electron chi connectivity index (χ2n) is 4.40. The van der Waals surface area contributed by atoms with E-state index in [1.165, 1.54) is 14.3 Å². The van der Waals surface area contributed by atoms with Crippen LogP contribution in [0.25, 0.3) is 31.1 Å². The molecule has 3 nitrogen and oxygen atoms in total. The zero-order valence-corrected chi connectivity index (χ0v) is 11.6. The van der Waals surface area contributed by atoms with Crippen LogP contribution in [0.1, 0.15) is 5.56 Å². The Kier molecular flexibility index (Phi) is 2.44. The number of fused-ring (bicyclic) bond motifs is 2. The third-order valence-corrected chi connectivity index (χ3v) is 5.25. The number of thiophene rings is 2. The number of nitrogens with zero attached hydrogens (tertiary/aromatic N) is 1. The molecule has 4 aromatic rings. The predicted molar refractivity (Wildman–Crippen MR) is 82.7 cm³/mol. The van der Waals surface area contributed by atoms with E-state index in [1.54, 1.807) is 22.7 Å². The zero-order chi connectivity index (χ0) is 12.8. The van der Waals surface area contributed by atoms with Gasteiger partial charge in [-0.2, -0.15) is 0 Å². The van der Waals surface area contributed by atoms with E-state index >= 15 is 0 Å². The minimum absolute atomic E-state index is 0.555. The minimum Gasteiger partial charge on any atom is -0.337 e. The van der Waals surface area contributed by atoms with Gasteiger partial charge in [0.2, 0.25) is 0 Å². The van der Waals surface area contributed by atoms with Gasteiger partial charge in [0.1, 0.15) is 5.82 Å². The summed E-state index contributed by atoms with van der Waals surface area (Å²) in [6.45, 7) is 0.555. The van der Waals surface area contributed by atoms with E-state index in [1.807, 2.05) is 12.1 Å². The maximum atomic E-state index is 5.66. The van der Waals surface area contributed by atoms with Crippen LogP contribution in [-0.2, 0) is 6.54 Å². The molecule has 0 amide bonds. The number of aromatic amines is 1. The first-order valence-corrected chi connectivity index (χ1v) is 7.69. The third kappa shape index (κ3) is 1.78. The van der Waals surface area contributed by atoms with Gasteiger partial charge in [-0.3, -0.25) is 0 Å². The van der Waals surface area contributed by atoms with E-state index in [0.29, 0.717) is 6.54 Å². The van der Waals surface area contributed by atoms with Gasteiger partial charge < -0.3 is 10.7 Å². The summed E-state index contributed by atoms with van der Waals surface area (Å²) < 4.78 is 2.64. The lowest BCUT2D eigenvalue weighted by Crippen LogP contribution is -1.95. The Morgan fingerprint density at radius 1 is 1.16 bits per heavy atom. The second-order valence-corrected chi connectivity index (χ2v) is 6.43. The van der Waals surface area contributed by atoms with Crippen molar-refractivity contribution < 1.29 is 0 Å². The van der Waals surface area contributed by atoms with Gasteiger partial charge in [0.05, 0.1) is 15.9 Å². The van der Waals surface area contributed by atoms with Crippen LogP contribution in [0.5, 0.6) is 0 Å². The first-order valence-electron chi connectivity index (χ1n) is 5.99. The number of hydrogen-bond donors (Lipinski definition) is 2. The van der Waals surface area contributed by atoms with Crippen molar-refractivity contribution in [1.82, 2.24) is 9.97 Å². The van der Waals surface area contributed by atoms with Gasteiger partial charge in [-0.05, 0) is 35.2 Å². The number of nitrogens with two attached hydrogens (primary N) is 1. The number of benzene rings is 1. The second kappa shape index (κ2) is 4.16. The molecule has 0 fully saturated rings. The van der Waals surface area contributed by atoms with Crippen molar-refractivity contribution in [1.29, 1.82) is 0 Å². The Bertz CT molecular complexity index is 841. The number of H-pyrrole nitrogens is 1. The van der Waals surface area contributed by atoms with Crippen LogP contribution in [0.4, 0.5) is 0 Å². The molecule has 3 aromatic heterocycles. The molecule has 0 aliphatic rings. The fourth-order valence-electron chi connectivity index (χ4n) is 2.18. The average molecular weight is 285 g/mol. The summed E-state index contributed by atoms with van der Waals surface area (Å²) in [4.78, 5) is 9.22. The van der Waals surface area contributed by atoms with Crippen LogP contribution in [0, 0.1) is 0 Å². The molecule has 94 valence electrons. The Morgan fingerprint density at radius 3 is 2.95 bits per heavy atom. The fourth-order valence-corrected chi connectivity index (χ4v) is 4.24. The van der Waals surface area contributed by atoms with E-state index in [9.17, 15) is 0 Å². The summed E-state index contributed by atoms with van der Waals surface area (Å²) in [5.74, 6) is 0.942. The monoisotopic (exact) mass is 285 g/mol. The largest absolute Gasteiger partial charge is 0.337 e. The van der Waals surface area contributed by atoms with Crippen LogP contribution in [-0.4, -0.2) is 9.97 Å². The van der Waals surface area contributed by atoms with E-state index < -0.39 is 0 Å². The highest BCUT2D eigenvalue weighted by Crippen LogP contribution is 2.35. The van der Waals surface area contributed by atoms with E-state index in [2.05, 4.69) is 33.5 Å². The first kappa shape index (κ1) is 11.2. The fraction of sp³-hybridized carbons (Fsp3) is 0.0714. The van der Waals surface area contributed by atoms with Crippen molar-refractivity contribution in [2.24, 2.45) is 5.73 Å². The number of aromatic nitrogens is 2. The summed E-state index contributed by atoms with van der Waals surface area (Å²) in [6, 6.07) is 10.5. The topological polar surface area (TPSA) is 54.7 Å². The standard InChI is InChI=1S/C14H11N3S2/c15-7-8-1-2-9-10(5-8)17-14(16-9)13-6-12-11(19-13)3-4-18-12/h1-6H,7,15H2,(H,16,17). The minimum atomic E-state index is 0.555. The molecule has 5 heteroatoms. The quantitative estimate of drug-likeness (QED) is 0.585. The maximum absolute atomic E-state index is 5.66. The van der Waals surface area contributed by atoms with Gasteiger partial charge in [0.25, 0.3) is 0 Å². The molecule has 0 atom stereocenters. The van der Waals surface area contributed by atoms with Gasteiger partial charge in [-0.1, -0.05) is 6.07 Å². The molecule has 4 rings (SSSR count). The van der Waals surface area contributed by atoms with Crippen LogP contribution >= 0.6 is 22.7 Å². The van der Waals surface area contributed by atoms with Gasteiger partial charge in [-0.15, -0.1) is 22.7 Å². The number of rotatable bonds is 2. The maximum Gasteiger partial charge on any atom is 0.148 e. The summed E-state index contributed by atoms with van der Waals surface area (Å²) in [5, 5.41) is 2.12. The molecule has 0 unspecified atom stereocenters. The zero-order valence-electron chi connectivity index (χ0n) is 10.0. The molecule has 0 saturated carbocycles. The summed E-state index contributed by atoms with van der Waals surface area (Å²) in [7, 11) is 0. The predicted octanol–water partition coefficient (Wildman–Crippen LogP) is 3.96. The Hall–Kier alpha value is -1.69. The highest BCUT2D eigenvalue weighted by molar-refractivity contribution is 7.28. The van der Waals surface area contributed by atoms with E-state index in [4.69, 9.17) is 5.73 Å². The molecule has 0 spiro atoms. The van der Waals surface area contributed by atoms with Crippen LogP contribution < -0.4 is 5.73 Å². The Morgan fingerprint density at radius 2 is 2.11 bits per heavy atom. The highest BCUT2D eigenvalue weighted by Gasteiger charge is 2.09.